The van der Waals surface area contributed by atoms with E-state index >= 15 is 0 Å². The SMILES string of the molecule is O=S(=O)(Nc1ccc(Cl)cc1Cl)N1CCCC1. The predicted octanol–water partition coefficient (Wildman–Crippen LogP) is 2.75. The third kappa shape index (κ3) is 3.04. The van der Waals surface area contributed by atoms with E-state index in [1.54, 1.807) is 12.1 Å². The Hall–Kier alpha value is -0.490. The van der Waals surface area contributed by atoms with Crippen molar-refractivity contribution in [2.45, 2.75) is 12.8 Å². The van der Waals surface area contributed by atoms with Gasteiger partial charge in [0.25, 0.3) is 0 Å². The standard InChI is InChI=1S/C10H12Cl2N2O2S/c11-8-3-4-10(9(12)7-8)13-17(15,16)14-5-1-2-6-14/h3-4,7,13H,1-2,5-6H2. The van der Waals surface area contributed by atoms with Gasteiger partial charge in [0.1, 0.15) is 0 Å². The van der Waals surface area contributed by atoms with Crippen molar-refractivity contribution in [3.05, 3.63) is 28.2 Å². The van der Waals surface area contributed by atoms with Crippen LogP contribution in [0.15, 0.2) is 18.2 Å². The summed E-state index contributed by atoms with van der Waals surface area (Å²) >= 11 is 11.7. The fourth-order valence-corrected chi connectivity index (χ4v) is 3.54. The van der Waals surface area contributed by atoms with Gasteiger partial charge in [-0.15, -0.1) is 0 Å². The van der Waals surface area contributed by atoms with E-state index in [9.17, 15) is 8.42 Å². The summed E-state index contributed by atoms with van der Waals surface area (Å²) in [4.78, 5) is 0. The normalized spacial score (nSPS) is 17.3. The highest BCUT2D eigenvalue weighted by atomic mass is 35.5. The summed E-state index contributed by atoms with van der Waals surface area (Å²) in [5, 5.41) is 0.763. The van der Waals surface area contributed by atoms with E-state index < -0.39 is 10.2 Å². The Morgan fingerprint density at radius 1 is 1.18 bits per heavy atom. The molecular formula is C10H12Cl2N2O2S. The summed E-state index contributed by atoms with van der Waals surface area (Å²) in [6, 6.07) is 4.65. The minimum atomic E-state index is -3.49. The average molecular weight is 295 g/mol. The molecule has 0 spiro atoms. The first-order valence-electron chi connectivity index (χ1n) is 5.22. The molecule has 1 aromatic carbocycles. The lowest BCUT2D eigenvalue weighted by Gasteiger charge is -2.17. The molecule has 4 nitrogen and oxygen atoms in total. The maximum Gasteiger partial charge on any atom is 0.301 e. The molecule has 1 aromatic rings. The summed E-state index contributed by atoms with van der Waals surface area (Å²) in [6.07, 6.45) is 1.80. The van der Waals surface area contributed by atoms with Crippen LogP contribution in [-0.2, 0) is 10.2 Å². The van der Waals surface area contributed by atoms with Crippen LogP contribution < -0.4 is 4.72 Å². The largest absolute Gasteiger partial charge is 0.301 e. The lowest BCUT2D eigenvalue weighted by Crippen LogP contribution is -2.33. The predicted molar refractivity (Wildman–Crippen MR) is 69.8 cm³/mol. The molecule has 94 valence electrons. The molecule has 1 heterocycles. The van der Waals surface area contributed by atoms with Crippen molar-refractivity contribution >= 4 is 39.1 Å². The Morgan fingerprint density at radius 2 is 1.82 bits per heavy atom. The number of hydrogen-bond acceptors (Lipinski definition) is 2. The third-order valence-corrected chi connectivity index (χ3v) is 4.65. The van der Waals surface area contributed by atoms with Gasteiger partial charge in [-0.25, -0.2) is 0 Å². The molecule has 2 rings (SSSR count). The summed E-state index contributed by atoms with van der Waals surface area (Å²) in [6.45, 7) is 1.11. The Balaban J connectivity index is 2.19. The zero-order valence-electron chi connectivity index (χ0n) is 8.99. The second kappa shape index (κ2) is 5.02. The van der Waals surface area contributed by atoms with Gasteiger partial charge < -0.3 is 0 Å². The van der Waals surface area contributed by atoms with Gasteiger partial charge in [0.2, 0.25) is 0 Å². The van der Waals surface area contributed by atoms with E-state index in [0.29, 0.717) is 28.8 Å². The van der Waals surface area contributed by atoms with Crippen LogP contribution in [0.5, 0.6) is 0 Å². The number of hydrogen-bond donors (Lipinski definition) is 1. The highest BCUT2D eigenvalue weighted by molar-refractivity contribution is 7.90. The highest BCUT2D eigenvalue weighted by Crippen LogP contribution is 2.27. The number of nitrogens with zero attached hydrogens (tertiary/aromatic N) is 1. The molecule has 0 amide bonds. The molecule has 0 atom stereocenters. The van der Waals surface area contributed by atoms with Crippen LogP contribution in [0.3, 0.4) is 0 Å². The van der Waals surface area contributed by atoms with Gasteiger partial charge in [-0.1, -0.05) is 23.2 Å². The van der Waals surface area contributed by atoms with Gasteiger partial charge in [0, 0.05) is 18.1 Å². The molecule has 0 unspecified atom stereocenters. The van der Waals surface area contributed by atoms with Crippen LogP contribution in [0.25, 0.3) is 0 Å². The summed E-state index contributed by atoms with van der Waals surface area (Å²) in [7, 11) is -3.49. The van der Waals surface area contributed by atoms with Crippen molar-refractivity contribution in [1.82, 2.24) is 4.31 Å². The number of halogens is 2. The second-order valence-corrected chi connectivity index (χ2v) is 6.35. The number of rotatable bonds is 3. The Labute approximate surface area is 111 Å². The molecule has 0 radical (unpaired) electrons. The number of anilines is 1. The summed E-state index contributed by atoms with van der Waals surface area (Å²) in [5.41, 5.74) is 0.350. The highest BCUT2D eigenvalue weighted by Gasteiger charge is 2.25. The Bertz CT molecular complexity index is 513. The van der Waals surface area contributed by atoms with Crippen molar-refractivity contribution < 1.29 is 8.42 Å². The van der Waals surface area contributed by atoms with Crippen molar-refractivity contribution in [2.75, 3.05) is 17.8 Å². The van der Waals surface area contributed by atoms with Crippen LogP contribution in [-0.4, -0.2) is 25.8 Å². The first-order valence-corrected chi connectivity index (χ1v) is 7.41. The van der Waals surface area contributed by atoms with Crippen LogP contribution >= 0.6 is 23.2 Å². The Kier molecular flexibility index (Phi) is 3.82. The number of nitrogens with one attached hydrogen (secondary N) is 1. The minimum absolute atomic E-state index is 0.292. The molecule has 1 aliphatic heterocycles. The molecule has 7 heteroatoms. The molecule has 0 aromatic heterocycles. The monoisotopic (exact) mass is 294 g/mol. The molecule has 1 aliphatic rings. The van der Waals surface area contributed by atoms with Gasteiger partial charge in [0.05, 0.1) is 10.7 Å². The van der Waals surface area contributed by atoms with E-state index in [0.717, 1.165) is 12.8 Å². The van der Waals surface area contributed by atoms with Crippen molar-refractivity contribution in [3.8, 4) is 0 Å². The lowest BCUT2D eigenvalue weighted by atomic mass is 10.3. The molecule has 0 aliphatic carbocycles. The first kappa shape index (κ1) is 13.0. The van der Waals surface area contributed by atoms with Crippen molar-refractivity contribution in [3.63, 3.8) is 0 Å². The average Bonchev–Trinajstić information content (AvgIpc) is 2.76. The van der Waals surface area contributed by atoms with Gasteiger partial charge in [-0.05, 0) is 31.0 Å². The van der Waals surface area contributed by atoms with E-state index in [-0.39, 0.29) is 0 Å². The maximum atomic E-state index is 12.0. The van der Waals surface area contributed by atoms with Crippen LogP contribution in [0.4, 0.5) is 5.69 Å². The molecule has 17 heavy (non-hydrogen) atoms. The smallest absolute Gasteiger partial charge is 0.269 e. The molecule has 1 saturated heterocycles. The summed E-state index contributed by atoms with van der Waals surface area (Å²) in [5.74, 6) is 0. The Morgan fingerprint density at radius 3 is 2.41 bits per heavy atom. The summed E-state index contributed by atoms with van der Waals surface area (Å²) < 4.78 is 27.8. The van der Waals surface area contributed by atoms with Crippen LogP contribution in [0.1, 0.15) is 12.8 Å². The fourth-order valence-electron chi connectivity index (χ4n) is 1.70. The van der Waals surface area contributed by atoms with E-state index in [1.165, 1.54) is 10.4 Å². The van der Waals surface area contributed by atoms with Gasteiger partial charge >= 0.3 is 10.2 Å². The van der Waals surface area contributed by atoms with Gasteiger partial charge in [0.15, 0.2) is 0 Å². The molecule has 0 saturated carbocycles. The van der Waals surface area contributed by atoms with E-state index in [2.05, 4.69) is 4.72 Å². The molecule has 1 fully saturated rings. The van der Waals surface area contributed by atoms with Crippen molar-refractivity contribution in [2.24, 2.45) is 0 Å². The molecular weight excluding hydrogens is 283 g/mol. The topological polar surface area (TPSA) is 49.4 Å². The minimum Gasteiger partial charge on any atom is -0.269 e. The number of benzene rings is 1. The van der Waals surface area contributed by atoms with Crippen LogP contribution in [0.2, 0.25) is 10.0 Å². The van der Waals surface area contributed by atoms with Gasteiger partial charge in [-0.2, -0.15) is 12.7 Å². The quantitative estimate of drug-likeness (QED) is 0.932. The molecule has 0 bridgehead atoms. The lowest BCUT2D eigenvalue weighted by molar-refractivity contribution is 0.482. The van der Waals surface area contributed by atoms with Crippen molar-refractivity contribution in [1.29, 1.82) is 0 Å². The first-order chi connectivity index (χ1) is 7.99. The van der Waals surface area contributed by atoms with E-state index in [4.69, 9.17) is 23.2 Å². The molecule has 1 N–H and O–H groups in total. The third-order valence-electron chi connectivity index (χ3n) is 2.58. The van der Waals surface area contributed by atoms with E-state index in [1.807, 2.05) is 0 Å². The zero-order chi connectivity index (χ0) is 12.5. The zero-order valence-corrected chi connectivity index (χ0v) is 11.3. The van der Waals surface area contributed by atoms with Gasteiger partial charge in [-0.3, -0.25) is 4.72 Å². The maximum absolute atomic E-state index is 12.0. The second-order valence-electron chi connectivity index (χ2n) is 3.84. The fraction of sp³-hybridized carbons (Fsp3) is 0.400. The van der Waals surface area contributed by atoms with Crippen LogP contribution in [0, 0.1) is 0 Å².